The highest BCUT2D eigenvalue weighted by molar-refractivity contribution is 5.97. The second kappa shape index (κ2) is 5.99. The Morgan fingerprint density at radius 1 is 1.24 bits per heavy atom. The van der Waals surface area contributed by atoms with Gasteiger partial charge in [0.1, 0.15) is 5.82 Å². The summed E-state index contributed by atoms with van der Waals surface area (Å²) in [4.78, 5) is 23.9. The first-order valence-electron chi connectivity index (χ1n) is 8.51. The molecule has 1 aliphatic heterocycles. The number of anilines is 2. The number of carbonyl (C=O) groups excluding carboxylic acids is 2. The highest BCUT2D eigenvalue weighted by Crippen LogP contribution is 2.49. The van der Waals surface area contributed by atoms with E-state index in [0.717, 1.165) is 12.0 Å². The van der Waals surface area contributed by atoms with E-state index in [2.05, 4.69) is 16.7 Å². The maximum absolute atomic E-state index is 14.3. The molecular formula is C20H19FN2O2. The van der Waals surface area contributed by atoms with Gasteiger partial charge in [-0.15, -0.1) is 0 Å². The summed E-state index contributed by atoms with van der Waals surface area (Å²) in [5.41, 5.74) is 3.91. The lowest BCUT2D eigenvalue weighted by Gasteiger charge is -2.18. The molecule has 0 unspecified atom stereocenters. The average molecular weight is 338 g/mol. The Morgan fingerprint density at radius 3 is 2.84 bits per heavy atom. The van der Waals surface area contributed by atoms with Crippen LogP contribution < -0.4 is 10.6 Å². The predicted octanol–water partition coefficient (Wildman–Crippen LogP) is 3.76. The Morgan fingerprint density at radius 2 is 2.04 bits per heavy atom. The van der Waals surface area contributed by atoms with Gasteiger partial charge in [0.15, 0.2) is 0 Å². The molecule has 0 saturated heterocycles. The zero-order valence-electron chi connectivity index (χ0n) is 13.9. The van der Waals surface area contributed by atoms with Crippen molar-refractivity contribution in [3.8, 4) is 0 Å². The van der Waals surface area contributed by atoms with Crippen molar-refractivity contribution in [2.75, 3.05) is 10.6 Å². The minimum atomic E-state index is -0.526. The third-order valence-electron chi connectivity index (χ3n) is 5.06. The molecular weight excluding hydrogens is 319 g/mol. The topological polar surface area (TPSA) is 58.2 Å². The van der Waals surface area contributed by atoms with E-state index in [1.165, 1.54) is 17.2 Å². The molecule has 25 heavy (non-hydrogen) atoms. The number of nitrogens with one attached hydrogen (secondary N) is 2. The molecule has 0 spiro atoms. The molecule has 4 rings (SSSR count). The van der Waals surface area contributed by atoms with Crippen LogP contribution in [0.2, 0.25) is 0 Å². The van der Waals surface area contributed by atoms with Crippen LogP contribution in [0.5, 0.6) is 0 Å². The molecule has 2 aromatic rings. The monoisotopic (exact) mass is 338 g/mol. The fraction of sp³-hybridized carbons (Fsp3) is 0.300. The van der Waals surface area contributed by atoms with Gasteiger partial charge in [-0.2, -0.15) is 0 Å². The molecule has 2 atom stereocenters. The van der Waals surface area contributed by atoms with E-state index < -0.39 is 5.82 Å². The van der Waals surface area contributed by atoms with Crippen molar-refractivity contribution in [2.45, 2.75) is 32.1 Å². The number of carbonyl (C=O) groups is 2. The summed E-state index contributed by atoms with van der Waals surface area (Å²) < 4.78 is 14.3. The Balaban J connectivity index is 1.49. The third kappa shape index (κ3) is 3.02. The summed E-state index contributed by atoms with van der Waals surface area (Å²) in [5.74, 6) is -0.686. The van der Waals surface area contributed by atoms with Crippen molar-refractivity contribution in [3.05, 3.63) is 58.9 Å². The van der Waals surface area contributed by atoms with Crippen molar-refractivity contribution in [3.63, 3.8) is 0 Å². The zero-order valence-corrected chi connectivity index (χ0v) is 13.9. The van der Waals surface area contributed by atoms with Crippen LogP contribution >= 0.6 is 0 Å². The van der Waals surface area contributed by atoms with Crippen LogP contribution in [0.15, 0.2) is 36.4 Å². The second-order valence-corrected chi connectivity index (χ2v) is 6.83. The highest BCUT2D eigenvalue weighted by Gasteiger charge is 2.44. The van der Waals surface area contributed by atoms with E-state index >= 15 is 0 Å². The van der Waals surface area contributed by atoms with E-state index in [1.54, 1.807) is 6.07 Å². The Kier molecular flexibility index (Phi) is 3.79. The second-order valence-electron chi connectivity index (χ2n) is 6.83. The van der Waals surface area contributed by atoms with Crippen LogP contribution in [0.1, 0.15) is 35.4 Å². The number of halogens is 1. The van der Waals surface area contributed by atoms with Crippen molar-refractivity contribution < 1.29 is 14.0 Å². The van der Waals surface area contributed by atoms with Gasteiger partial charge in [0, 0.05) is 18.0 Å². The van der Waals surface area contributed by atoms with Gasteiger partial charge in [0.2, 0.25) is 11.8 Å². The van der Waals surface area contributed by atoms with E-state index in [9.17, 15) is 14.0 Å². The Labute approximate surface area is 145 Å². The van der Waals surface area contributed by atoms with E-state index in [4.69, 9.17) is 0 Å². The summed E-state index contributed by atoms with van der Waals surface area (Å²) in [6.45, 7) is 2.04. The summed E-state index contributed by atoms with van der Waals surface area (Å²) >= 11 is 0. The number of amides is 2. The van der Waals surface area contributed by atoms with Gasteiger partial charge < -0.3 is 10.6 Å². The molecule has 0 bridgehead atoms. The normalized spacial score (nSPS) is 21.3. The molecule has 1 aliphatic carbocycles. The molecule has 4 nitrogen and oxygen atoms in total. The Bertz CT molecular complexity index is 878. The van der Waals surface area contributed by atoms with Gasteiger partial charge in [0.25, 0.3) is 0 Å². The van der Waals surface area contributed by atoms with E-state index in [-0.39, 0.29) is 29.3 Å². The van der Waals surface area contributed by atoms with E-state index in [1.807, 2.05) is 25.1 Å². The van der Waals surface area contributed by atoms with Gasteiger partial charge in [-0.25, -0.2) is 4.39 Å². The fourth-order valence-corrected chi connectivity index (χ4v) is 3.55. The molecule has 2 amide bonds. The van der Waals surface area contributed by atoms with Gasteiger partial charge in [-0.3, -0.25) is 9.59 Å². The molecule has 0 radical (unpaired) electrons. The first-order chi connectivity index (χ1) is 12.0. The Hall–Kier alpha value is -2.69. The van der Waals surface area contributed by atoms with Crippen LogP contribution in [-0.4, -0.2) is 11.8 Å². The first-order valence-corrected chi connectivity index (χ1v) is 8.51. The number of benzene rings is 2. The van der Waals surface area contributed by atoms with Crippen molar-refractivity contribution in [1.82, 2.24) is 0 Å². The number of aryl methyl sites for hydroxylation is 2. The molecule has 0 aromatic heterocycles. The van der Waals surface area contributed by atoms with Crippen LogP contribution in [-0.2, 0) is 16.0 Å². The molecule has 128 valence electrons. The third-order valence-corrected chi connectivity index (χ3v) is 5.06. The summed E-state index contributed by atoms with van der Waals surface area (Å²) in [7, 11) is 0. The van der Waals surface area contributed by atoms with Crippen LogP contribution in [0, 0.1) is 18.7 Å². The van der Waals surface area contributed by atoms with Crippen molar-refractivity contribution in [1.29, 1.82) is 0 Å². The zero-order chi connectivity index (χ0) is 17.6. The van der Waals surface area contributed by atoms with Crippen LogP contribution in [0.25, 0.3) is 0 Å². The van der Waals surface area contributed by atoms with Crippen molar-refractivity contribution in [2.24, 2.45) is 5.92 Å². The van der Waals surface area contributed by atoms with Crippen molar-refractivity contribution >= 4 is 23.2 Å². The summed E-state index contributed by atoms with van der Waals surface area (Å²) in [6.07, 6.45) is 1.73. The molecule has 2 N–H and O–H groups in total. The lowest BCUT2D eigenvalue weighted by molar-refractivity contribution is -0.117. The van der Waals surface area contributed by atoms with Crippen LogP contribution in [0.3, 0.4) is 0 Å². The van der Waals surface area contributed by atoms with Gasteiger partial charge >= 0.3 is 0 Å². The number of rotatable bonds is 3. The average Bonchev–Trinajstić information content (AvgIpc) is 3.37. The molecule has 1 fully saturated rings. The number of fused-ring (bicyclic) bond motifs is 1. The van der Waals surface area contributed by atoms with Gasteiger partial charge in [-0.1, -0.05) is 24.3 Å². The summed E-state index contributed by atoms with van der Waals surface area (Å²) in [6, 6.07) is 11.0. The molecule has 5 heteroatoms. The molecule has 2 aliphatic rings. The largest absolute Gasteiger partial charge is 0.326 e. The quantitative estimate of drug-likeness (QED) is 0.895. The number of hydrogen-bond donors (Lipinski definition) is 2. The van der Waals surface area contributed by atoms with Gasteiger partial charge in [0.05, 0.1) is 5.69 Å². The minimum absolute atomic E-state index is 0.109. The standard InChI is InChI=1S/C20H19FN2O2/c1-11-4-2-3-5-13(11)14-9-15(14)20(25)23-18-8-12-6-7-19(24)22-17(12)10-16(18)21/h2-5,8,10,14-15H,6-7,9H2,1H3,(H,22,24)(H,23,25)/t14-,15-/m1/s1. The van der Waals surface area contributed by atoms with E-state index in [0.29, 0.717) is 18.5 Å². The SMILES string of the molecule is Cc1ccccc1[C@H]1C[C@H]1C(=O)Nc1cc2c(cc1F)NC(=O)CC2. The lowest BCUT2D eigenvalue weighted by atomic mass is 10.0. The fourth-order valence-electron chi connectivity index (χ4n) is 3.55. The van der Waals surface area contributed by atoms with Crippen LogP contribution in [0.4, 0.5) is 15.8 Å². The maximum atomic E-state index is 14.3. The first kappa shape index (κ1) is 15.8. The predicted molar refractivity (Wildman–Crippen MR) is 94.0 cm³/mol. The molecule has 1 heterocycles. The smallest absolute Gasteiger partial charge is 0.228 e. The summed E-state index contributed by atoms with van der Waals surface area (Å²) in [5, 5.41) is 5.39. The maximum Gasteiger partial charge on any atom is 0.228 e. The molecule has 2 aromatic carbocycles. The number of hydrogen-bond acceptors (Lipinski definition) is 2. The highest BCUT2D eigenvalue weighted by atomic mass is 19.1. The van der Waals surface area contributed by atoms with Gasteiger partial charge in [-0.05, 0) is 54.5 Å². The molecule has 1 saturated carbocycles. The minimum Gasteiger partial charge on any atom is -0.326 e. The lowest BCUT2D eigenvalue weighted by Crippen LogP contribution is -2.21.